The Morgan fingerprint density at radius 2 is 2.13 bits per heavy atom. The number of thiazole rings is 1. The monoisotopic (exact) mass is 425 g/mol. The van der Waals surface area contributed by atoms with E-state index in [4.69, 9.17) is 0 Å². The highest BCUT2D eigenvalue weighted by Crippen LogP contribution is 2.35. The second-order valence-corrected chi connectivity index (χ2v) is 8.45. The minimum atomic E-state index is -0.452. The van der Waals surface area contributed by atoms with Crippen molar-refractivity contribution >= 4 is 11.3 Å². The third kappa shape index (κ3) is 3.68. The highest BCUT2D eigenvalue weighted by atomic mass is 32.1. The van der Waals surface area contributed by atoms with Crippen LogP contribution in [0.25, 0.3) is 16.3 Å². The molecule has 8 heteroatoms. The summed E-state index contributed by atoms with van der Waals surface area (Å²) in [6, 6.07) is 7.71. The molecule has 1 fully saturated rings. The fourth-order valence-corrected chi connectivity index (χ4v) is 4.91. The maximum absolute atomic E-state index is 14.4. The first-order chi connectivity index (χ1) is 14.7. The van der Waals surface area contributed by atoms with Crippen LogP contribution in [0.4, 0.5) is 8.78 Å². The number of hydrogen-bond donors (Lipinski definition) is 1. The minimum absolute atomic E-state index is 0.183. The number of rotatable bonds is 5. The molecule has 5 nitrogen and oxygen atoms in total. The number of benzene rings is 1. The number of likely N-dealkylation sites (tertiary alicyclic amines) is 1. The van der Waals surface area contributed by atoms with Gasteiger partial charge in [-0.2, -0.15) is 5.10 Å². The predicted molar refractivity (Wildman–Crippen MR) is 113 cm³/mol. The number of nitrogens with zero attached hydrogens (tertiary/aromatic N) is 4. The van der Waals surface area contributed by atoms with E-state index in [1.54, 1.807) is 17.5 Å². The van der Waals surface area contributed by atoms with Crippen LogP contribution in [-0.4, -0.2) is 37.7 Å². The van der Waals surface area contributed by atoms with Crippen LogP contribution < -0.4 is 0 Å². The van der Waals surface area contributed by atoms with Crippen molar-refractivity contribution in [1.82, 2.24) is 24.6 Å². The Bertz CT molecular complexity index is 1130. The summed E-state index contributed by atoms with van der Waals surface area (Å²) >= 11 is 1.61. The van der Waals surface area contributed by atoms with Crippen LogP contribution >= 0.6 is 11.3 Å². The Morgan fingerprint density at radius 3 is 3.00 bits per heavy atom. The molecule has 30 heavy (non-hydrogen) atoms. The summed E-state index contributed by atoms with van der Waals surface area (Å²) in [5, 5.41) is 10.1. The number of aromatic nitrogens is 4. The largest absolute Gasteiger partial charge is 0.297 e. The van der Waals surface area contributed by atoms with Crippen molar-refractivity contribution in [2.75, 3.05) is 13.1 Å². The summed E-state index contributed by atoms with van der Waals surface area (Å²) in [5.74, 6) is -0.707. The Labute approximate surface area is 177 Å². The minimum Gasteiger partial charge on any atom is -0.297 e. The lowest BCUT2D eigenvalue weighted by atomic mass is 9.90. The van der Waals surface area contributed by atoms with E-state index < -0.39 is 11.6 Å². The second-order valence-electron chi connectivity index (χ2n) is 7.58. The van der Waals surface area contributed by atoms with Gasteiger partial charge in [0.05, 0.1) is 6.20 Å². The predicted octanol–water partition coefficient (Wildman–Crippen LogP) is 4.98. The molecule has 3 aromatic heterocycles. The number of aromatic amines is 1. The van der Waals surface area contributed by atoms with Gasteiger partial charge in [-0.25, -0.2) is 13.8 Å². The third-order valence-electron chi connectivity index (χ3n) is 5.65. The lowest BCUT2D eigenvalue weighted by Crippen LogP contribution is -2.34. The van der Waals surface area contributed by atoms with E-state index in [9.17, 15) is 8.78 Å². The number of H-pyrrole nitrogens is 1. The van der Waals surface area contributed by atoms with E-state index in [-0.39, 0.29) is 11.5 Å². The molecule has 0 amide bonds. The molecule has 1 aliphatic rings. The Morgan fingerprint density at radius 1 is 1.20 bits per heavy atom. The van der Waals surface area contributed by atoms with Gasteiger partial charge < -0.3 is 0 Å². The van der Waals surface area contributed by atoms with Crippen molar-refractivity contribution in [2.24, 2.45) is 0 Å². The van der Waals surface area contributed by atoms with Crippen LogP contribution in [-0.2, 0) is 6.54 Å². The molecule has 1 atom stereocenters. The first-order valence-corrected chi connectivity index (χ1v) is 10.8. The van der Waals surface area contributed by atoms with Gasteiger partial charge in [0.15, 0.2) is 5.13 Å². The summed E-state index contributed by atoms with van der Waals surface area (Å²) in [5.41, 5.74) is 2.96. The van der Waals surface area contributed by atoms with Gasteiger partial charge in [0.1, 0.15) is 11.6 Å². The maximum Gasteiger partial charge on any atom is 0.193 e. The number of piperidine rings is 1. The van der Waals surface area contributed by atoms with Gasteiger partial charge in [-0.3, -0.25) is 14.6 Å². The van der Waals surface area contributed by atoms with E-state index in [1.807, 2.05) is 23.8 Å². The van der Waals surface area contributed by atoms with Crippen molar-refractivity contribution in [1.29, 1.82) is 0 Å². The fraction of sp³-hybridized carbons (Fsp3) is 0.273. The van der Waals surface area contributed by atoms with E-state index in [2.05, 4.69) is 30.7 Å². The molecule has 154 valence electrons. The van der Waals surface area contributed by atoms with E-state index in [1.165, 1.54) is 17.8 Å². The van der Waals surface area contributed by atoms with Gasteiger partial charge >= 0.3 is 0 Å². The van der Waals surface area contributed by atoms with E-state index >= 15 is 0 Å². The van der Waals surface area contributed by atoms with Gasteiger partial charge in [-0.15, -0.1) is 11.3 Å². The molecule has 4 aromatic rings. The molecule has 0 aliphatic carbocycles. The van der Waals surface area contributed by atoms with Crippen molar-refractivity contribution in [3.8, 4) is 16.3 Å². The van der Waals surface area contributed by atoms with Gasteiger partial charge in [0, 0.05) is 59.3 Å². The van der Waals surface area contributed by atoms with Crippen molar-refractivity contribution in [3.63, 3.8) is 0 Å². The fourth-order valence-electron chi connectivity index (χ4n) is 4.26. The number of halogens is 2. The normalized spacial score (nSPS) is 17.5. The van der Waals surface area contributed by atoms with E-state index in [0.29, 0.717) is 5.56 Å². The smallest absolute Gasteiger partial charge is 0.193 e. The maximum atomic E-state index is 14.4. The number of hydrogen-bond acceptors (Lipinski definition) is 4. The van der Waals surface area contributed by atoms with Crippen LogP contribution in [0.5, 0.6) is 0 Å². The summed E-state index contributed by atoms with van der Waals surface area (Å²) < 4.78 is 30.2. The highest BCUT2D eigenvalue weighted by Gasteiger charge is 2.26. The SMILES string of the molecule is Fc1ccc(F)c(-c2cn[nH]c2[C@H]2CCCN(Cc3cccn3-c3nccs3)C2)c1. The van der Waals surface area contributed by atoms with Gasteiger partial charge in [-0.05, 0) is 49.7 Å². The molecular formula is C22H21F2N5S. The van der Waals surface area contributed by atoms with Gasteiger partial charge in [0.2, 0.25) is 0 Å². The second kappa shape index (κ2) is 8.12. The first-order valence-electron chi connectivity index (χ1n) is 9.96. The molecule has 0 radical (unpaired) electrons. The molecule has 1 N–H and O–H groups in total. The topological polar surface area (TPSA) is 49.7 Å². The molecule has 0 spiro atoms. The summed E-state index contributed by atoms with van der Waals surface area (Å²) in [6.07, 6.45) is 7.46. The van der Waals surface area contributed by atoms with Crippen LogP contribution in [0.15, 0.2) is 54.3 Å². The Balaban J connectivity index is 1.37. The molecule has 5 rings (SSSR count). The molecule has 1 aromatic carbocycles. The standard InChI is InChI=1S/C22H21F2N5S/c23-16-5-6-20(24)18(11-16)19-12-26-27-21(19)15-3-1-8-28(13-15)14-17-4-2-9-29(17)22-25-7-10-30-22/h2,4-7,9-12,15H,1,3,8,13-14H2,(H,26,27)/t15-/m0/s1. The zero-order chi connectivity index (χ0) is 20.5. The summed E-state index contributed by atoms with van der Waals surface area (Å²) in [7, 11) is 0. The average molecular weight is 426 g/mol. The summed E-state index contributed by atoms with van der Waals surface area (Å²) in [6.45, 7) is 2.63. The molecule has 0 saturated carbocycles. The Kier molecular flexibility index (Phi) is 5.18. The zero-order valence-electron chi connectivity index (χ0n) is 16.3. The quantitative estimate of drug-likeness (QED) is 0.491. The lowest BCUT2D eigenvalue weighted by molar-refractivity contribution is 0.196. The molecular weight excluding hydrogens is 404 g/mol. The van der Waals surface area contributed by atoms with Crippen LogP contribution in [0.1, 0.15) is 30.1 Å². The van der Waals surface area contributed by atoms with Crippen LogP contribution in [0.3, 0.4) is 0 Å². The van der Waals surface area contributed by atoms with Crippen molar-refractivity contribution in [3.05, 3.63) is 77.3 Å². The van der Waals surface area contributed by atoms with Crippen molar-refractivity contribution < 1.29 is 8.78 Å². The molecule has 0 unspecified atom stereocenters. The molecule has 1 aliphatic heterocycles. The molecule has 0 bridgehead atoms. The molecule has 4 heterocycles. The van der Waals surface area contributed by atoms with Crippen molar-refractivity contribution in [2.45, 2.75) is 25.3 Å². The Hall–Kier alpha value is -2.84. The van der Waals surface area contributed by atoms with Gasteiger partial charge in [-0.1, -0.05) is 0 Å². The van der Waals surface area contributed by atoms with E-state index in [0.717, 1.165) is 49.4 Å². The first kappa shape index (κ1) is 19.1. The average Bonchev–Trinajstić information content (AvgIpc) is 3.51. The zero-order valence-corrected chi connectivity index (χ0v) is 17.1. The van der Waals surface area contributed by atoms with Crippen LogP contribution in [0.2, 0.25) is 0 Å². The van der Waals surface area contributed by atoms with Gasteiger partial charge in [0.25, 0.3) is 0 Å². The number of nitrogens with one attached hydrogen (secondary N) is 1. The highest BCUT2D eigenvalue weighted by molar-refractivity contribution is 7.12. The molecule has 1 saturated heterocycles. The third-order valence-corrected chi connectivity index (χ3v) is 6.42. The lowest BCUT2D eigenvalue weighted by Gasteiger charge is -2.32. The van der Waals surface area contributed by atoms with Crippen LogP contribution in [0, 0.1) is 11.6 Å². The summed E-state index contributed by atoms with van der Waals surface area (Å²) in [4.78, 5) is 6.82.